The number of carboxylic acids is 1. The predicted molar refractivity (Wildman–Crippen MR) is 47.9 cm³/mol. The van der Waals surface area contributed by atoms with Crippen LogP contribution in [0.2, 0.25) is 0 Å². The van der Waals surface area contributed by atoms with Crippen molar-refractivity contribution in [2.45, 2.75) is 24.8 Å². The molecule has 74 valence electrons. The lowest BCUT2D eigenvalue weighted by Gasteiger charge is -2.22. The first-order valence-corrected chi connectivity index (χ1v) is 4.70. The molecule has 0 aromatic heterocycles. The lowest BCUT2D eigenvalue weighted by molar-refractivity contribution is -0.146. The molecule has 1 fully saturated rings. The number of carbonyl (C=O) groups excluding carboxylic acids is 1. The minimum Gasteiger partial charge on any atom is -0.480 e. The largest absolute Gasteiger partial charge is 0.480 e. The summed E-state index contributed by atoms with van der Waals surface area (Å²) in [5.74, 6) is -1.29. The van der Waals surface area contributed by atoms with Gasteiger partial charge in [0, 0.05) is 6.42 Å². The molecule has 13 heavy (non-hydrogen) atoms. The number of alkyl halides is 1. The van der Waals surface area contributed by atoms with Crippen LogP contribution in [0.1, 0.15) is 19.3 Å². The summed E-state index contributed by atoms with van der Waals surface area (Å²) >= 11 is 5.33. The van der Waals surface area contributed by atoms with E-state index in [0.29, 0.717) is 13.0 Å². The highest BCUT2D eigenvalue weighted by Crippen LogP contribution is 2.23. The van der Waals surface area contributed by atoms with Gasteiger partial charge in [0.15, 0.2) is 0 Å². The van der Waals surface area contributed by atoms with Crippen LogP contribution in [-0.2, 0) is 9.59 Å². The van der Waals surface area contributed by atoms with E-state index in [1.165, 1.54) is 0 Å². The fourth-order valence-corrected chi connectivity index (χ4v) is 1.69. The predicted octanol–water partition coefficient (Wildman–Crippen LogP) is 0.391. The van der Waals surface area contributed by atoms with Gasteiger partial charge >= 0.3 is 5.97 Å². The number of aliphatic carboxylic acids is 1. The van der Waals surface area contributed by atoms with Crippen molar-refractivity contribution in [2.75, 3.05) is 12.4 Å². The van der Waals surface area contributed by atoms with Gasteiger partial charge in [-0.05, 0) is 19.4 Å². The van der Waals surface area contributed by atoms with Crippen LogP contribution in [0.25, 0.3) is 0 Å². The van der Waals surface area contributed by atoms with E-state index in [2.05, 4.69) is 5.32 Å². The van der Waals surface area contributed by atoms with E-state index in [0.717, 1.165) is 6.42 Å². The molecule has 4 nitrogen and oxygen atoms in total. The minimum absolute atomic E-state index is 0.00810. The molecule has 5 heteroatoms. The highest BCUT2D eigenvalue weighted by Gasteiger charge is 2.42. The van der Waals surface area contributed by atoms with Gasteiger partial charge in [-0.3, -0.25) is 9.59 Å². The van der Waals surface area contributed by atoms with Crippen molar-refractivity contribution in [1.82, 2.24) is 5.32 Å². The van der Waals surface area contributed by atoms with Gasteiger partial charge in [0.25, 0.3) is 0 Å². The van der Waals surface area contributed by atoms with Crippen LogP contribution in [0.3, 0.4) is 0 Å². The summed E-state index contributed by atoms with van der Waals surface area (Å²) in [5.41, 5.74) is -1.05. The Bertz CT molecular complexity index is 223. The number of nitrogens with one attached hydrogen (secondary N) is 1. The molecular weight excluding hydrogens is 194 g/mol. The zero-order valence-electron chi connectivity index (χ0n) is 7.18. The molecule has 1 rings (SSSR count). The van der Waals surface area contributed by atoms with Gasteiger partial charge in [0.05, 0.1) is 5.88 Å². The number of carbonyl (C=O) groups is 2. The number of hydrogen-bond donors (Lipinski definition) is 2. The maximum atomic E-state index is 11.0. The van der Waals surface area contributed by atoms with Gasteiger partial charge in [-0.1, -0.05) is 0 Å². The van der Waals surface area contributed by atoms with Crippen molar-refractivity contribution in [3.63, 3.8) is 0 Å². The van der Waals surface area contributed by atoms with Crippen molar-refractivity contribution in [2.24, 2.45) is 0 Å². The van der Waals surface area contributed by atoms with Gasteiger partial charge in [-0.15, -0.1) is 11.6 Å². The molecule has 1 atom stereocenters. The molecule has 0 bridgehead atoms. The standard InChI is InChI=1S/C8H12ClNO3/c9-5-6(11)4-8(7(12)13)2-1-3-10-8/h10H,1-5H2,(H,12,13). The maximum Gasteiger partial charge on any atom is 0.324 e. The van der Waals surface area contributed by atoms with Crippen LogP contribution >= 0.6 is 11.6 Å². The van der Waals surface area contributed by atoms with Crippen molar-refractivity contribution in [3.05, 3.63) is 0 Å². The average Bonchev–Trinajstić information content (AvgIpc) is 2.54. The number of halogens is 1. The summed E-state index contributed by atoms with van der Waals surface area (Å²) in [5, 5.41) is 11.8. The third-order valence-electron chi connectivity index (χ3n) is 2.30. The molecule has 0 saturated carbocycles. The Balaban J connectivity index is 2.68. The van der Waals surface area contributed by atoms with E-state index in [1.807, 2.05) is 0 Å². The van der Waals surface area contributed by atoms with Crippen LogP contribution in [0.5, 0.6) is 0 Å². The number of rotatable bonds is 4. The summed E-state index contributed by atoms with van der Waals surface area (Å²) in [6, 6.07) is 0. The molecule has 0 aromatic carbocycles. The Morgan fingerprint density at radius 3 is 2.62 bits per heavy atom. The lowest BCUT2D eigenvalue weighted by atomic mass is 9.92. The Hall–Kier alpha value is -0.610. The summed E-state index contributed by atoms with van der Waals surface area (Å²) < 4.78 is 0. The van der Waals surface area contributed by atoms with E-state index in [4.69, 9.17) is 16.7 Å². The number of Topliss-reactive ketones (excluding diaryl/α,β-unsaturated/α-hetero) is 1. The second-order valence-electron chi connectivity index (χ2n) is 3.27. The number of carboxylic acid groups (broad SMARTS) is 1. The van der Waals surface area contributed by atoms with Crippen molar-refractivity contribution in [1.29, 1.82) is 0 Å². The van der Waals surface area contributed by atoms with Crippen LogP contribution in [0, 0.1) is 0 Å². The van der Waals surface area contributed by atoms with Crippen LogP contribution < -0.4 is 5.32 Å². The highest BCUT2D eigenvalue weighted by atomic mass is 35.5. The molecule has 0 spiro atoms. The normalized spacial score (nSPS) is 27.5. The second-order valence-corrected chi connectivity index (χ2v) is 3.53. The molecule has 1 heterocycles. The third kappa shape index (κ3) is 2.19. The monoisotopic (exact) mass is 205 g/mol. The third-order valence-corrected chi connectivity index (χ3v) is 2.60. The van der Waals surface area contributed by atoms with Gasteiger partial charge in [0.1, 0.15) is 11.3 Å². The summed E-state index contributed by atoms with van der Waals surface area (Å²) in [6.07, 6.45) is 1.29. The van der Waals surface area contributed by atoms with Gasteiger partial charge in [-0.2, -0.15) is 0 Å². The summed E-state index contributed by atoms with van der Waals surface area (Å²) in [7, 11) is 0. The van der Waals surface area contributed by atoms with Crippen molar-refractivity contribution >= 4 is 23.4 Å². The van der Waals surface area contributed by atoms with Crippen LogP contribution in [0.4, 0.5) is 0 Å². The quantitative estimate of drug-likeness (QED) is 0.652. The first kappa shape index (κ1) is 10.5. The molecule has 1 saturated heterocycles. The first-order chi connectivity index (χ1) is 6.10. The van der Waals surface area contributed by atoms with E-state index in [1.54, 1.807) is 0 Å². The maximum absolute atomic E-state index is 11.0. The SMILES string of the molecule is O=C(CCl)CC1(C(=O)O)CCCN1. The van der Waals surface area contributed by atoms with Gasteiger partial charge in [-0.25, -0.2) is 0 Å². The Labute approximate surface area is 81.3 Å². The Kier molecular flexibility index (Phi) is 3.27. The zero-order chi connectivity index (χ0) is 9.90. The Morgan fingerprint density at radius 2 is 2.23 bits per heavy atom. The van der Waals surface area contributed by atoms with E-state index in [9.17, 15) is 9.59 Å². The average molecular weight is 206 g/mol. The van der Waals surface area contributed by atoms with Gasteiger partial charge < -0.3 is 10.4 Å². The fourth-order valence-electron chi connectivity index (χ4n) is 1.60. The van der Waals surface area contributed by atoms with Gasteiger partial charge in [0.2, 0.25) is 0 Å². The lowest BCUT2D eigenvalue weighted by Crippen LogP contribution is -2.49. The molecule has 1 aliphatic heterocycles. The van der Waals surface area contributed by atoms with Crippen LogP contribution in [-0.4, -0.2) is 34.8 Å². The number of hydrogen-bond acceptors (Lipinski definition) is 3. The van der Waals surface area contributed by atoms with E-state index < -0.39 is 11.5 Å². The number of ketones is 1. The first-order valence-electron chi connectivity index (χ1n) is 4.17. The summed E-state index contributed by atoms with van der Waals surface area (Å²) in [4.78, 5) is 22.0. The molecule has 1 aliphatic rings. The van der Waals surface area contributed by atoms with Crippen molar-refractivity contribution < 1.29 is 14.7 Å². The van der Waals surface area contributed by atoms with Crippen molar-refractivity contribution in [3.8, 4) is 0 Å². The highest BCUT2D eigenvalue weighted by molar-refractivity contribution is 6.27. The second kappa shape index (κ2) is 4.07. The molecule has 0 aliphatic carbocycles. The summed E-state index contributed by atoms with van der Waals surface area (Å²) in [6.45, 7) is 0.655. The Morgan fingerprint density at radius 1 is 1.54 bits per heavy atom. The molecular formula is C8H12ClNO3. The molecule has 1 unspecified atom stereocenters. The molecule has 0 radical (unpaired) electrons. The molecule has 2 N–H and O–H groups in total. The smallest absolute Gasteiger partial charge is 0.324 e. The molecule has 0 aromatic rings. The fraction of sp³-hybridized carbons (Fsp3) is 0.750. The minimum atomic E-state index is -1.05. The molecule has 0 amide bonds. The van der Waals surface area contributed by atoms with Crippen LogP contribution in [0.15, 0.2) is 0 Å². The van der Waals surface area contributed by atoms with E-state index in [-0.39, 0.29) is 18.1 Å². The van der Waals surface area contributed by atoms with E-state index >= 15 is 0 Å². The topological polar surface area (TPSA) is 66.4 Å². The zero-order valence-corrected chi connectivity index (χ0v) is 7.93.